The van der Waals surface area contributed by atoms with Crippen molar-refractivity contribution in [1.82, 2.24) is 0 Å². The van der Waals surface area contributed by atoms with E-state index in [2.05, 4.69) is 113 Å². The quantitative estimate of drug-likeness (QED) is 0.431. The van der Waals surface area contributed by atoms with Crippen LogP contribution in [0.15, 0.2) is 47.1 Å². The van der Waals surface area contributed by atoms with Crippen molar-refractivity contribution >= 4 is 0 Å². The van der Waals surface area contributed by atoms with E-state index in [0.29, 0.717) is 5.92 Å². The zero-order valence-electron chi connectivity index (χ0n) is 26.3. The molecule has 5 rings (SSSR count). The fourth-order valence-electron chi connectivity index (χ4n) is 7.65. The Kier molecular flexibility index (Phi) is 9.66. The summed E-state index contributed by atoms with van der Waals surface area (Å²) in [6.07, 6.45) is 6.31. The zero-order chi connectivity index (χ0) is 26.6. The van der Waals surface area contributed by atoms with E-state index in [4.69, 9.17) is 0 Å². The van der Waals surface area contributed by atoms with Crippen molar-refractivity contribution in [3.8, 4) is 11.1 Å². The summed E-state index contributed by atoms with van der Waals surface area (Å²) >= 11 is 0. The Balaban J connectivity index is 0.00000178. The number of hydrogen-bond acceptors (Lipinski definition) is 0. The standard InChI is InChI=1S/C36H48.2ClH.Zr/c1-21-15-27-25(19-29(21)34(6,7)8)26-20-30(35(9,10)11)22(2)16-28(26)32(27)36(12)14-13-23-17-24(18-31(23)36)33(3,4)5;;;/h15-16,18-20,32H,13-14,17H2,1-12H3;2*1H;/q;;;+2/p-2. The molecule has 0 heterocycles. The number of aryl methyl sites for hydroxylation is 2. The molecule has 3 aliphatic rings. The summed E-state index contributed by atoms with van der Waals surface area (Å²) in [5, 5.41) is 0. The van der Waals surface area contributed by atoms with Crippen molar-refractivity contribution in [3.63, 3.8) is 0 Å². The van der Waals surface area contributed by atoms with Crippen LogP contribution in [0.4, 0.5) is 0 Å². The van der Waals surface area contributed by atoms with E-state index < -0.39 is 0 Å². The first-order chi connectivity index (χ1) is 16.4. The number of benzene rings is 2. The average molecular weight is 643 g/mol. The van der Waals surface area contributed by atoms with Crippen LogP contribution in [0.5, 0.6) is 0 Å². The molecule has 1 unspecified atom stereocenters. The van der Waals surface area contributed by atoms with Crippen molar-refractivity contribution in [1.29, 1.82) is 0 Å². The van der Waals surface area contributed by atoms with Crippen LogP contribution in [0.2, 0.25) is 0 Å². The van der Waals surface area contributed by atoms with Gasteiger partial charge in [-0.05, 0) is 99.4 Å². The minimum atomic E-state index is 0. The zero-order valence-corrected chi connectivity index (χ0v) is 30.3. The van der Waals surface area contributed by atoms with Gasteiger partial charge in [-0.25, -0.2) is 0 Å². The van der Waals surface area contributed by atoms with E-state index in [9.17, 15) is 0 Å². The molecule has 0 bridgehead atoms. The SMILES string of the molecule is Cc1cc2c(cc1C(C)(C)C)-c1cc(C(C)(C)C)c(C)cc1C2C1(C)CCC2=C1C=C(C(C)(C)C)C2.[Cl-].[Cl-].[Zr+2]. The largest absolute Gasteiger partial charge is 2.00 e. The van der Waals surface area contributed by atoms with Crippen molar-refractivity contribution in [2.75, 3.05) is 0 Å². The number of allylic oxidation sites excluding steroid dienone is 4. The van der Waals surface area contributed by atoms with Gasteiger partial charge >= 0.3 is 26.2 Å². The third-order valence-corrected chi connectivity index (χ3v) is 9.59. The van der Waals surface area contributed by atoms with Crippen molar-refractivity contribution < 1.29 is 51.0 Å². The summed E-state index contributed by atoms with van der Waals surface area (Å²) in [5.74, 6) is 0.422. The molecule has 0 radical (unpaired) electrons. The van der Waals surface area contributed by atoms with Crippen LogP contribution in [-0.2, 0) is 37.0 Å². The molecular weight excluding hydrogens is 595 g/mol. The van der Waals surface area contributed by atoms with Gasteiger partial charge in [0.1, 0.15) is 0 Å². The van der Waals surface area contributed by atoms with Crippen molar-refractivity contribution in [3.05, 3.63) is 80.4 Å². The molecular formula is C36H48Cl2Zr. The Bertz CT molecular complexity index is 1270. The Morgan fingerprint density at radius 1 is 0.692 bits per heavy atom. The van der Waals surface area contributed by atoms with Crippen LogP contribution < -0.4 is 24.8 Å². The Morgan fingerprint density at radius 3 is 1.51 bits per heavy atom. The molecule has 3 heteroatoms. The second kappa shape index (κ2) is 10.9. The summed E-state index contributed by atoms with van der Waals surface area (Å²) < 4.78 is 0. The van der Waals surface area contributed by atoms with Gasteiger partial charge in [-0.3, -0.25) is 0 Å². The van der Waals surface area contributed by atoms with Crippen LogP contribution in [0.3, 0.4) is 0 Å². The van der Waals surface area contributed by atoms with E-state index in [1.165, 1.54) is 52.6 Å². The Morgan fingerprint density at radius 2 is 1.13 bits per heavy atom. The first kappa shape index (κ1) is 34.6. The first-order valence-electron chi connectivity index (χ1n) is 14.2. The third kappa shape index (κ3) is 5.60. The van der Waals surface area contributed by atoms with Crippen LogP contribution in [0.1, 0.15) is 128 Å². The molecule has 0 aromatic heterocycles. The summed E-state index contributed by atoms with van der Waals surface area (Å²) in [6, 6.07) is 10.3. The molecule has 0 spiro atoms. The normalized spacial score (nSPS) is 20.5. The molecule has 0 nitrogen and oxygen atoms in total. The minimum absolute atomic E-state index is 0. The Hall–Kier alpha value is -0.617. The molecule has 39 heavy (non-hydrogen) atoms. The molecule has 0 saturated carbocycles. The maximum atomic E-state index is 2.62. The van der Waals surface area contributed by atoms with Crippen LogP contribution >= 0.6 is 0 Å². The van der Waals surface area contributed by atoms with E-state index >= 15 is 0 Å². The summed E-state index contributed by atoms with van der Waals surface area (Å²) in [6.45, 7) is 28.6. The molecule has 3 aliphatic carbocycles. The topological polar surface area (TPSA) is 0 Å². The molecule has 0 aliphatic heterocycles. The number of hydrogen-bond donors (Lipinski definition) is 0. The summed E-state index contributed by atoms with van der Waals surface area (Å²) in [4.78, 5) is 0. The third-order valence-electron chi connectivity index (χ3n) is 9.59. The van der Waals surface area contributed by atoms with Crippen LogP contribution in [0.25, 0.3) is 11.1 Å². The predicted molar refractivity (Wildman–Crippen MR) is 157 cm³/mol. The predicted octanol–water partition coefficient (Wildman–Crippen LogP) is 4.49. The van der Waals surface area contributed by atoms with Crippen LogP contribution in [-0.4, -0.2) is 0 Å². The molecule has 2 aromatic carbocycles. The van der Waals surface area contributed by atoms with E-state index in [0.717, 1.165) is 0 Å². The molecule has 0 fully saturated rings. The fourth-order valence-corrected chi connectivity index (χ4v) is 7.65. The van der Waals surface area contributed by atoms with Gasteiger partial charge in [0.15, 0.2) is 0 Å². The Labute approximate surface area is 270 Å². The molecule has 0 amide bonds. The molecule has 210 valence electrons. The number of rotatable bonds is 1. The molecule has 1 atom stereocenters. The van der Waals surface area contributed by atoms with Gasteiger partial charge < -0.3 is 24.8 Å². The van der Waals surface area contributed by atoms with Gasteiger partial charge in [-0.2, -0.15) is 0 Å². The summed E-state index contributed by atoms with van der Waals surface area (Å²) in [5.41, 5.74) is 17.6. The first-order valence-corrected chi connectivity index (χ1v) is 14.2. The number of fused-ring (bicyclic) bond motifs is 3. The smallest absolute Gasteiger partial charge is 1.00 e. The second-order valence-electron chi connectivity index (χ2n) is 15.5. The van der Waals surface area contributed by atoms with Gasteiger partial charge in [0.2, 0.25) is 0 Å². The van der Waals surface area contributed by atoms with Crippen LogP contribution in [0, 0.1) is 24.7 Å². The maximum absolute atomic E-state index is 2.62. The molecule has 0 N–H and O–H groups in total. The number of halogens is 2. The fraction of sp³-hybridized carbons (Fsp3) is 0.556. The van der Waals surface area contributed by atoms with Gasteiger partial charge in [0.25, 0.3) is 0 Å². The molecule has 0 saturated heterocycles. The summed E-state index contributed by atoms with van der Waals surface area (Å²) in [7, 11) is 0. The molecule has 2 aromatic rings. The van der Waals surface area contributed by atoms with Gasteiger partial charge in [0.05, 0.1) is 0 Å². The maximum Gasteiger partial charge on any atom is 2.00 e. The monoisotopic (exact) mass is 640 g/mol. The minimum Gasteiger partial charge on any atom is -1.00 e. The van der Waals surface area contributed by atoms with Gasteiger partial charge in [-0.1, -0.05) is 111 Å². The average Bonchev–Trinajstić information content (AvgIpc) is 3.36. The second-order valence-corrected chi connectivity index (χ2v) is 15.5. The van der Waals surface area contributed by atoms with Crippen molar-refractivity contribution in [2.24, 2.45) is 10.8 Å². The van der Waals surface area contributed by atoms with E-state index in [-0.39, 0.29) is 72.7 Å². The van der Waals surface area contributed by atoms with Gasteiger partial charge in [-0.15, -0.1) is 0 Å². The van der Waals surface area contributed by atoms with Gasteiger partial charge in [0, 0.05) is 11.3 Å². The van der Waals surface area contributed by atoms with Crippen molar-refractivity contribution in [2.45, 2.75) is 119 Å². The van der Waals surface area contributed by atoms with E-state index in [1.54, 1.807) is 27.8 Å². The van der Waals surface area contributed by atoms with E-state index in [1.807, 2.05) is 0 Å².